The van der Waals surface area contributed by atoms with Crippen molar-refractivity contribution in [1.82, 2.24) is 0 Å². The number of rotatable bonds is 17. The van der Waals surface area contributed by atoms with Crippen LogP contribution in [0.2, 0.25) is 0 Å². The Hall–Kier alpha value is 0.320. The Bertz CT molecular complexity index is 386. The minimum absolute atomic E-state index is 0. The van der Waals surface area contributed by atoms with Crippen molar-refractivity contribution in [2.75, 3.05) is 65.6 Å². The maximum Gasteiger partial charge on any atom is 0.305 e. The molecule has 6 nitrogen and oxygen atoms in total. The van der Waals surface area contributed by atoms with Crippen LogP contribution in [-0.4, -0.2) is 86.5 Å². The van der Waals surface area contributed by atoms with Gasteiger partial charge in [0.2, 0.25) is 0 Å². The van der Waals surface area contributed by atoms with Gasteiger partial charge in [0.1, 0.15) is 26.3 Å². The number of ether oxygens (including phenoxy) is 2. The maximum atomic E-state index is 11.9. The second-order valence-electron chi connectivity index (χ2n) is 7.68. The van der Waals surface area contributed by atoms with Crippen molar-refractivity contribution >= 4 is 11.9 Å². The first-order valence-electron chi connectivity index (χ1n) is 11.4. The lowest BCUT2D eigenvalue weighted by molar-refractivity contribution is -0.923. The zero-order valence-corrected chi connectivity index (χ0v) is 24.5. The van der Waals surface area contributed by atoms with Crippen molar-refractivity contribution in [3.05, 3.63) is 0 Å². The number of carbonyl (C=O) groups excluding carboxylic acids is 2. The first-order chi connectivity index (χ1) is 13.4. The van der Waals surface area contributed by atoms with Crippen LogP contribution in [-0.2, 0) is 19.1 Å². The van der Waals surface area contributed by atoms with Crippen LogP contribution in [0.15, 0.2) is 0 Å². The van der Waals surface area contributed by atoms with Crippen molar-refractivity contribution in [2.24, 2.45) is 0 Å². The van der Waals surface area contributed by atoms with Crippen molar-refractivity contribution < 1.29 is 76.0 Å². The molecule has 0 atom stereocenters. The topological polar surface area (TPSA) is 52.6 Å². The third kappa shape index (κ3) is 13.7. The summed E-state index contributed by atoms with van der Waals surface area (Å²) >= 11 is 0. The fourth-order valence-corrected chi connectivity index (χ4v) is 3.68. The van der Waals surface area contributed by atoms with E-state index in [1.165, 1.54) is 0 Å². The van der Waals surface area contributed by atoms with E-state index in [9.17, 15) is 9.59 Å². The van der Waals surface area contributed by atoms with Gasteiger partial charge in [-0.25, -0.2) is 0 Å². The highest BCUT2D eigenvalue weighted by Gasteiger charge is 2.22. The standard InChI is InChI=1S/C22H46N2O4.2HI/c1-7-23(8-2,9-3)17-19-27-21(25)15-13-14-16-22(26)28-20-18-24(10-4,11-5)12-6;;/h7-20H2,1-6H3;2*1H/q+2;;/p-2. The smallest absolute Gasteiger partial charge is 0.305 e. The molecule has 8 heteroatoms. The predicted octanol–water partition coefficient (Wildman–Crippen LogP) is -2.61. The molecule has 182 valence electrons. The number of nitrogens with zero attached hydrogens (tertiary/aromatic N) is 2. The summed E-state index contributed by atoms with van der Waals surface area (Å²) in [6.45, 7) is 22.1. The van der Waals surface area contributed by atoms with Gasteiger partial charge >= 0.3 is 11.9 Å². The van der Waals surface area contributed by atoms with E-state index in [0.29, 0.717) is 38.9 Å². The molecule has 0 aliphatic rings. The summed E-state index contributed by atoms with van der Waals surface area (Å²) in [5.74, 6) is -0.323. The van der Waals surface area contributed by atoms with Gasteiger partial charge in [-0.3, -0.25) is 9.59 Å². The fourth-order valence-electron chi connectivity index (χ4n) is 3.68. The normalized spacial score (nSPS) is 11.3. The van der Waals surface area contributed by atoms with E-state index in [2.05, 4.69) is 41.5 Å². The number of quaternary nitrogens is 2. The van der Waals surface area contributed by atoms with Gasteiger partial charge in [0.25, 0.3) is 0 Å². The van der Waals surface area contributed by atoms with Crippen LogP contribution in [0, 0.1) is 0 Å². The number of halogens is 2. The van der Waals surface area contributed by atoms with Gasteiger partial charge in [-0.1, -0.05) is 0 Å². The van der Waals surface area contributed by atoms with E-state index in [1.54, 1.807) is 0 Å². The fraction of sp³-hybridized carbons (Fsp3) is 0.909. The monoisotopic (exact) mass is 656 g/mol. The first kappa shape index (κ1) is 34.9. The molecular weight excluding hydrogens is 610 g/mol. The number of hydrogen-bond acceptors (Lipinski definition) is 4. The average molecular weight is 656 g/mol. The minimum Gasteiger partial charge on any atom is -1.00 e. The SMILES string of the molecule is CC[N+](CC)(CC)CCOC(=O)CCCCC(=O)OCC[N+](CC)(CC)CC.[I-].[I-]. The molecule has 0 aromatic carbocycles. The quantitative estimate of drug-likeness (QED) is 0.0747. The first-order valence-corrected chi connectivity index (χ1v) is 11.4. The minimum atomic E-state index is -0.161. The van der Waals surface area contributed by atoms with Crippen LogP contribution in [0.4, 0.5) is 0 Å². The third-order valence-corrected chi connectivity index (χ3v) is 6.69. The van der Waals surface area contributed by atoms with Crippen LogP contribution in [0.25, 0.3) is 0 Å². The largest absolute Gasteiger partial charge is 1.00 e. The number of esters is 2. The Morgan fingerprint density at radius 3 is 1.07 bits per heavy atom. The zero-order valence-electron chi connectivity index (χ0n) is 20.2. The van der Waals surface area contributed by atoms with E-state index in [0.717, 1.165) is 61.3 Å². The molecule has 0 rings (SSSR count). The van der Waals surface area contributed by atoms with Crippen molar-refractivity contribution in [2.45, 2.75) is 67.2 Å². The van der Waals surface area contributed by atoms with Gasteiger partial charge in [0.05, 0.1) is 39.3 Å². The Labute approximate surface area is 219 Å². The molecule has 0 aliphatic heterocycles. The second-order valence-corrected chi connectivity index (χ2v) is 7.68. The molecule has 0 saturated heterocycles. The summed E-state index contributed by atoms with van der Waals surface area (Å²) in [5.41, 5.74) is 0. The second kappa shape index (κ2) is 20.0. The van der Waals surface area contributed by atoms with Crippen LogP contribution >= 0.6 is 0 Å². The molecule has 0 aromatic rings. The van der Waals surface area contributed by atoms with Crippen LogP contribution in [0.5, 0.6) is 0 Å². The Balaban J connectivity index is -0.00000364. The Kier molecular flexibility index (Phi) is 23.2. The molecule has 0 spiro atoms. The molecule has 0 saturated carbocycles. The molecular formula is C22H46I2N2O4. The van der Waals surface area contributed by atoms with Gasteiger partial charge in [0, 0.05) is 12.8 Å². The highest BCUT2D eigenvalue weighted by Crippen LogP contribution is 2.08. The van der Waals surface area contributed by atoms with Gasteiger partial charge < -0.3 is 66.4 Å². The zero-order chi connectivity index (χ0) is 21.5. The summed E-state index contributed by atoms with van der Waals surface area (Å²) in [7, 11) is 0. The van der Waals surface area contributed by atoms with Crippen molar-refractivity contribution in [1.29, 1.82) is 0 Å². The van der Waals surface area contributed by atoms with Crippen LogP contribution in [0.1, 0.15) is 67.2 Å². The average Bonchev–Trinajstić information content (AvgIpc) is 2.72. The number of carbonyl (C=O) groups is 2. The van der Waals surface area contributed by atoms with E-state index < -0.39 is 0 Å². The van der Waals surface area contributed by atoms with E-state index in [1.807, 2.05) is 0 Å². The molecule has 0 radical (unpaired) electrons. The molecule has 0 bridgehead atoms. The third-order valence-electron chi connectivity index (χ3n) is 6.69. The van der Waals surface area contributed by atoms with Gasteiger partial charge in [-0.05, 0) is 54.4 Å². The summed E-state index contributed by atoms with van der Waals surface area (Å²) in [6, 6.07) is 0. The van der Waals surface area contributed by atoms with E-state index >= 15 is 0 Å². The Morgan fingerprint density at radius 2 is 0.833 bits per heavy atom. The molecule has 0 aliphatic carbocycles. The molecule has 0 aromatic heterocycles. The van der Waals surface area contributed by atoms with Gasteiger partial charge in [-0.15, -0.1) is 0 Å². The number of likely N-dealkylation sites (N-methyl/N-ethyl adjacent to an activating group) is 2. The van der Waals surface area contributed by atoms with Gasteiger partial charge in [0.15, 0.2) is 0 Å². The van der Waals surface area contributed by atoms with Gasteiger partial charge in [-0.2, -0.15) is 0 Å². The summed E-state index contributed by atoms with van der Waals surface area (Å²) in [6.07, 6.45) is 2.09. The number of unbranched alkanes of at least 4 members (excludes halogenated alkanes) is 1. The molecule has 0 amide bonds. The van der Waals surface area contributed by atoms with Crippen LogP contribution < -0.4 is 48.0 Å². The molecule has 0 N–H and O–H groups in total. The highest BCUT2D eigenvalue weighted by molar-refractivity contribution is 5.70. The summed E-state index contributed by atoms with van der Waals surface area (Å²) in [4.78, 5) is 23.7. The Morgan fingerprint density at radius 1 is 0.567 bits per heavy atom. The lowest BCUT2D eigenvalue weighted by Crippen LogP contribution is -3.00. The van der Waals surface area contributed by atoms with Crippen molar-refractivity contribution in [3.8, 4) is 0 Å². The summed E-state index contributed by atoms with van der Waals surface area (Å²) < 4.78 is 12.7. The number of hydrogen-bond donors (Lipinski definition) is 0. The van der Waals surface area contributed by atoms with E-state index in [-0.39, 0.29) is 59.9 Å². The molecule has 30 heavy (non-hydrogen) atoms. The van der Waals surface area contributed by atoms with Crippen LogP contribution in [0.3, 0.4) is 0 Å². The van der Waals surface area contributed by atoms with Crippen molar-refractivity contribution in [3.63, 3.8) is 0 Å². The molecule has 0 unspecified atom stereocenters. The lowest BCUT2D eigenvalue weighted by atomic mass is 10.2. The van der Waals surface area contributed by atoms with E-state index in [4.69, 9.17) is 9.47 Å². The summed E-state index contributed by atoms with van der Waals surface area (Å²) in [5, 5.41) is 0. The molecule has 0 heterocycles. The maximum absolute atomic E-state index is 11.9. The predicted molar refractivity (Wildman–Crippen MR) is 114 cm³/mol. The lowest BCUT2D eigenvalue weighted by Gasteiger charge is -2.35. The molecule has 0 fully saturated rings. The highest BCUT2D eigenvalue weighted by atomic mass is 127.